The molecule has 2 heterocycles. The summed E-state index contributed by atoms with van der Waals surface area (Å²) in [5, 5.41) is 20.6. The highest BCUT2D eigenvalue weighted by Crippen LogP contribution is 2.50. The van der Waals surface area contributed by atoms with Crippen molar-refractivity contribution in [3.8, 4) is 11.5 Å². The maximum absolute atomic E-state index is 13.3. The van der Waals surface area contributed by atoms with Crippen molar-refractivity contribution < 1.29 is 29.1 Å². The summed E-state index contributed by atoms with van der Waals surface area (Å²) in [5.74, 6) is -0.655. The fourth-order valence-corrected chi connectivity index (χ4v) is 6.75. The zero-order valence-electron chi connectivity index (χ0n) is 23.6. The molecule has 2 aliphatic heterocycles. The third-order valence-electron chi connectivity index (χ3n) is 8.74. The molecule has 0 aromatic heterocycles. The van der Waals surface area contributed by atoms with Crippen LogP contribution < -0.4 is 4.74 Å². The number of ether oxygens (including phenoxy) is 1. The van der Waals surface area contributed by atoms with Crippen LogP contribution >= 0.6 is 0 Å². The number of hydrogen-bond acceptors (Lipinski definition) is 6. The van der Waals surface area contributed by atoms with Crippen molar-refractivity contribution in [3.05, 3.63) is 107 Å². The zero-order chi connectivity index (χ0) is 29.2. The Balaban J connectivity index is 1.34. The Morgan fingerprint density at radius 2 is 1.67 bits per heavy atom. The Labute approximate surface area is 246 Å². The fourth-order valence-electron chi connectivity index (χ4n) is 6.75. The molecule has 2 amide bonds. The van der Waals surface area contributed by atoms with E-state index in [-0.39, 0.29) is 36.4 Å². The normalized spacial score (nSPS) is 24.1. The lowest BCUT2D eigenvalue weighted by Gasteiger charge is -2.43. The maximum Gasteiger partial charge on any atom is 0.455 e. The molecule has 8 heteroatoms. The molecule has 3 aromatic carbocycles. The summed E-state index contributed by atoms with van der Waals surface area (Å²) in [4.78, 5) is 27.6. The molecule has 6 rings (SSSR count). The summed E-state index contributed by atoms with van der Waals surface area (Å²) in [6, 6.07) is 26.7. The monoisotopic (exact) mass is 563 g/mol. The number of phenols is 1. The molecule has 0 spiro atoms. The molecular formula is C34H34BNO6. The Morgan fingerprint density at radius 1 is 0.976 bits per heavy atom. The van der Waals surface area contributed by atoms with Gasteiger partial charge in [-0.1, -0.05) is 66.7 Å². The predicted octanol–water partition coefficient (Wildman–Crippen LogP) is 5.22. The molecule has 214 valence electrons. The summed E-state index contributed by atoms with van der Waals surface area (Å²) in [5.41, 5.74) is 5.09. The molecule has 1 aliphatic carbocycles. The molecule has 4 atom stereocenters. The van der Waals surface area contributed by atoms with E-state index < -0.39 is 25.1 Å². The number of imide groups is 1. The number of amides is 2. The lowest BCUT2D eigenvalue weighted by Crippen LogP contribution is -2.46. The van der Waals surface area contributed by atoms with Crippen molar-refractivity contribution in [2.24, 2.45) is 17.8 Å². The van der Waals surface area contributed by atoms with Crippen LogP contribution in [-0.2, 0) is 14.2 Å². The Kier molecular flexibility index (Phi) is 8.00. The summed E-state index contributed by atoms with van der Waals surface area (Å²) >= 11 is 0. The van der Waals surface area contributed by atoms with Gasteiger partial charge in [0.2, 0.25) is 11.8 Å². The lowest BCUT2D eigenvalue weighted by molar-refractivity contribution is -0.138. The van der Waals surface area contributed by atoms with Gasteiger partial charge >= 0.3 is 7.12 Å². The quantitative estimate of drug-likeness (QED) is 0.169. The van der Waals surface area contributed by atoms with Gasteiger partial charge in [-0.05, 0) is 83.6 Å². The van der Waals surface area contributed by atoms with E-state index in [4.69, 9.17) is 9.39 Å². The highest BCUT2D eigenvalue weighted by molar-refractivity contribution is 6.43. The molecule has 2 N–H and O–H groups in total. The van der Waals surface area contributed by atoms with Crippen LogP contribution in [0.1, 0.15) is 30.4 Å². The van der Waals surface area contributed by atoms with Crippen LogP contribution in [0, 0.1) is 17.8 Å². The highest BCUT2D eigenvalue weighted by atomic mass is 16.5. The van der Waals surface area contributed by atoms with Gasteiger partial charge in [0.1, 0.15) is 18.1 Å². The summed E-state index contributed by atoms with van der Waals surface area (Å²) in [6.45, 7) is 0.287. The van der Waals surface area contributed by atoms with Gasteiger partial charge in [-0.25, -0.2) is 0 Å². The number of carbonyl (C=O) groups is 2. The molecule has 0 saturated carbocycles. The third-order valence-corrected chi connectivity index (χ3v) is 8.74. The standard InChI is InChI=1S/C34H34BNO6/c1-36-33(38)28-19-25(21-41-27-10-6-3-7-11-27)31-29(32(28)34(36)39)20-35(40)42-30(31)17-14-24(23-8-4-2-5-9-23)18-22-12-15-26(37)16-13-22/h2-13,15-16,18,28-30,32,37,40H,14,17,19-21H2,1H3/b24-18-/t28-,29+,30-,32-/m1/s1. The van der Waals surface area contributed by atoms with Crippen LogP contribution in [0.3, 0.4) is 0 Å². The first-order chi connectivity index (χ1) is 20.4. The van der Waals surface area contributed by atoms with Crippen molar-refractivity contribution in [1.82, 2.24) is 4.90 Å². The van der Waals surface area contributed by atoms with E-state index in [1.807, 2.05) is 60.7 Å². The van der Waals surface area contributed by atoms with E-state index in [1.165, 1.54) is 4.90 Å². The molecule has 3 aliphatic rings. The van der Waals surface area contributed by atoms with Crippen molar-refractivity contribution >= 4 is 30.6 Å². The van der Waals surface area contributed by atoms with Gasteiger partial charge in [-0.15, -0.1) is 0 Å². The second kappa shape index (κ2) is 12.0. The van der Waals surface area contributed by atoms with Gasteiger partial charge < -0.3 is 19.5 Å². The minimum absolute atomic E-state index is 0.165. The Bertz CT molecular complexity index is 1500. The fraction of sp³-hybridized carbons (Fsp3) is 0.294. The van der Waals surface area contributed by atoms with Crippen molar-refractivity contribution in [2.45, 2.75) is 31.7 Å². The number of likely N-dealkylation sites (tertiary alicyclic amines) is 1. The molecule has 0 radical (unpaired) electrons. The molecule has 3 aromatic rings. The number of aromatic hydroxyl groups is 1. The molecule has 0 bridgehead atoms. The van der Waals surface area contributed by atoms with E-state index in [2.05, 4.69) is 18.2 Å². The summed E-state index contributed by atoms with van der Waals surface area (Å²) in [7, 11) is 0.518. The van der Waals surface area contributed by atoms with Crippen molar-refractivity contribution in [3.63, 3.8) is 0 Å². The average Bonchev–Trinajstić information content (AvgIpc) is 3.23. The average molecular weight is 563 g/mol. The topological polar surface area (TPSA) is 96.3 Å². The number of carbonyl (C=O) groups excluding carboxylic acids is 2. The second-order valence-corrected chi connectivity index (χ2v) is 11.3. The van der Waals surface area contributed by atoms with Crippen LogP contribution in [0.15, 0.2) is 96.1 Å². The second-order valence-electron chi connectivity index (χ2n) is 11.3. The van der Waals surface area contributed by atoms with Gasteiger partial charge in [-0.3, -0.25) is 14.5 Å². The van der Waals surface area contributed by atoms with Gasteiger partial charge in [0, 0.05) is 7.05 Å². The SMILES string of the molecule is CN1C(=O)[C@@H]2[C@@H](CC(COc3ccccc3)=C3[C@@H](CC/C(=C/c4ccc(O)cc4)c4ccccc4)OB(O)C[C@@H]32)C1=O. The van der Waals surface area contributed by atoms with Gasteiger partial charge in [0.25, 0.3) is 0 Å². The van der Waals surface area contributed by atoms with Crippen LogP contribution in [-0.4, -0.2) is 53.7 Å². The predicted molar refractivity (Wildman–Crippen MR) is 161 cm³/mol. The van der Waals surface area contributed by atoms with E-state index in [1.54, 1.807) is 19.2 Å². The minimum Gasteiger partial charge on any atom is -0.508 e. The first-order valence-electron chi connectivity index (χ1n) is 14.5. The minimum atomic E-state index is -1.03. The van der Waals surface area contributed by atoms with Crippen LogP contribution in [0.5, 0.6) is 11.5 Å². The summed E-state index contributed by atoms with van der Waals surface area (Å²) < 4.78 is 12.4. The Hall–Kier alpha value is -4.14. The van der Waals surface area contributed by atoms with Crippen LogP contribution in [0.2, 0.25) is 6.32 Å². The first-order valence-corrected chi connectivity index (χ1v) is 14.5. The number of hydrogen-bond donors (Lipinski definition) is 2. The van der Waals surface area contributed by atoms with Crippen LogP contribution in [0.4, 0.5) is 0 Å². The smallest absolute Gasteiger partial charge is 0.455 e. The van der Waals surface area contributed by atoms with Gasteiger partial charge in [0.15, 0.2) is 0 Å². The lowest BCUT2D eigenvalue weighted by atomic mass is 9.58. The number of benzene rings is 3. The van der Waals surface area contributed by atoms with E-state index in [0.29, 0.717) is 19.3 Å². The number of allylic oxidation sites excluding steroid dienone is 1. The molecule has 2 fully saturated rings. The number of rotatable bonds is 8. The molecular weight excluding hydrogens is 529 g/mol. The van der Waals surface area contributed by atoms with E-state index in [0.717, 1.165) is 33.6 Å². The number of para-hydroxylation sites is 1. The molecule has 2 saturated heterocycles. The Morgan fingerprint density at radius 3 is 2.38 bits per heavy atom. The number of fused-ring (bicyclic) bond motifs is 3. The van der Waals surface area contributed by atoms with Crippen molar-refractivity contribution in [2.75, 3.05) is 13.7 Å². The first kappa shape index (κ1) is 28.0. The zero-order valence-corrected chi connectivity index (χ0v) is 23.6. The van der Waals surface area contributed by atoms with Crippen LogP contribution in [0.25, 0.3) is 11.6 Å². The van der Waals surface area contributed by atoms with Gasteiger partial charge in [0.05, 0.1) is 17.9 Å². The molecule has 7 nitrogen and oxygen atoms in total. The van der Waals surface area contributed by atoms with E-state index in [9.17, 15) is 19.7 Å². The number of nitrogens with zero attached hydrogens (tertiary/aromatic N) is 1. The molecule has 0 unspecified atom stereocenters. The largest absolute Gasteiger partial charge is 0.508 e. The maximum atomic E-state index is 13.3. The van der Waals surface area contributed by atoms with E-state index >= 15 is 0 Å². The number of phenolic OH excluding ortho intramolecular Hbond substituents is 1. The highest BCUT2D eigenvalue weighted by Gasteiger charge is 2.56. The molecule has 42 heavy (non-hydrogen) atoms. The van der Waals surface area contributed by atoms with Crippen molar-refractivity contribution in [1.29, 1.82) is 0 Å². The summed E-state index contributed by atoms with van der Waals surface area (Å²) in [6.07, 6.45) is 3.59. The third kappa shape index (κ3) is 5.65. The van der Waals surface area contributed by atoms with Gasteiger partial charge in [-0.2, -0.15) is 0 Å².